The van der Waals surface area contributed by atoms with Gasteiger partial charge in [-0.15, -0.1) is 22.7 Å². The smallest absolute Gasteiger partial charge is 0.282 e. The summed E-state index contributed by atoms with van der Waals surface area (Å²) in [5.74, 6) is 0.0633. The molecule has 3 aromatic rings. The lowest BCUT2D eigenvalue weighted by Gasteiger charge is -2.36. The topological polar surface area (TPSA) is 114 Å². The van der Waals surface area contributed by atoms with Gasteiger partial charge in [0.1, 0.15) is 5.75 Å². The van der Waals surface area contributed by atoms with E-state index in [4.69, 9.17) is 15.5 Å². The average Bonchev–Trinajstić information content (AvgIpc) is 3.45. The first-order valence-corrected chi connectivity index (χ1v) is 13.7. The molecule has 1 saturated heterocycles. The third-order valence-electron chi connectivity index (χ3n) is 5.92. The van der Waals surface area contributed by atoms with Crippen LogP contribution in [0.2, 0.25) is 0 Å². The number of primary amides is 1. The van der Waals surface area contributed by atoms with Crippen LogP contribution in [0.5, 0.6) is 5.75 Å². The van der Waals surface area contributed by atoms with E-state index >= 15 is 0 Å². The van der Waals surface area contributed by atoms with Gasteiger partial charge in [0.2, 0.25) is 5.91 Å². The van der Waals surface area contributed by atoms with Crippen molar-refractivity contribution in [2.24, 2.45) is 5.73 Å². The van der Waals surface area contributed by atoms with Gasteiger partial charge < -0.3 is 20.7 Å². The zero-order valence-corrected chi connectivity index (χ0v) is 22.8. The Bertz CT molecular complexity index is 1240. The van der Waals surface area contributed by atoms with Crippen LogP contribution in [-0.4, -0.2) is 69.9 Å². The minimum Gasteiger partial charge on any atom is -0.489 e. The fourth-order valence-corrected chi connectivity index (χ4v) is 5.77. The molecule has 3 N–H and O–H groups in total. The highest BCUT2D eigenvalue weighted by atomic mass is 32.1. The molecule has 0 unspecified atom stereocenters. The molecule has 1 aliphatic heterocycles. The summed E-state index contributed by atoms with van der Waals surface area (Å²) in [6.07, 6.45) is -0.0408. The van der Waals surface area contributed by atoms with Crippen LogP contribution in [0.25, 0.3) is 10.6 Å². The Morgan fingerprint density at radius 2 is 1.83 bits per heavy atom. The normalized spacial score (nSPS) is 14.5. The molecule has 0 bridgehead atoms. The number of hydrogen-bond acceptors (Lipinski definition) is 9. The number of nitrogens with zero attached hydrogens (tertiary/aromatic N) is 4. The van der Waals surface area contributed by atoms with Crippen molar-refractivity contribution in [2.75, 3.05) is 31.5 Å². The van der Waals surface area contributed by atoms with Gasteiger partial charge in [0.05, 0.1) is 28.1 Å². The molecule has 2 aromatic heterocycles. The fourth-order valence-electron chi connectivity index (χ4n) is 3.99. The molecule has 4 rings (SSSR count). The van der Waals surface area contributed by atoms with E-state index < -0.39 is 5.91 Å². The molecule has 0 spiro atoms. The van der Waals surface area contributed by atoms with Gasteiger partial charge in [-0.2, -0.15) is 0 Å². The Morgan fingerprint density at radius 1 is 1.11 bits per heavy atom. The van der Waals surface area contributed by atoms with Gasteiger partial charge in [-0.05, 0) is 52.8 Å². The molecule has 9 nitrogen and oxygen atoms in total. The summed E-state index contributed by atoms with van der Waals surface area (Å²) in [7, 11) is 0. The Labute approximate surface area is 219 Å². The number of rotatable bonds is 8. The maximum atomic E-state index is 13.1. The SMILES string of the molecule is Cc1nc(C(=O)N2CCN(C(C)C)CC2)sc1-c1csc(Nc2cc(C(N)=O)ccc2OC(C)C)n1. The zero-order chi connectivity index (χ0) is 26.0. The maximum absolute atomic E-state index is 13.1. The number of nitrogens with two attached hydrogens (primary N) is 1. The van der Waals surface area contributed by atoms with Gasteiger partial charge in [0, 0.05) is 43.2 Å². The van der Waals surface area contributed by atoms with Crippen molar-refractivity contribution in [1.82, 2.24) is 19.8 Å². The number of carbonyl (C=O) groups is 2. The molecular formula is C25H32N6O3S2. The molecule has 0 saturated carbocycles. The van der Waals surface area contributed by atoms with Gasteiger partial charge in [-0.3, -0.25) is 14.5 Å². The number of thiazole rings is 2. The van der Waals surface area contributed by atoms with Crippen molar-refractivity contribution >= 4 is 45.3 Å². The molecule has 1 fully saturated rings. The molecule has 2 amide bonds. The Morgan fingerprint density at radius 3 is 2.47 bits per heavy atom. The highest BCUT2D eigenvalue weighted by Crippen LogP contribution is 2.36. The van der Waals surface area contributed by atoms with E-state index in [1.165, 1.54) is 22.7 Å². The maximum Gasteiger partial charge on any atom is 0.282 e. The molecular weight excluding hydrogens is 496 g/mol. The van der Waals surface area contributed by atoms with E-state index in [0.717, 1.165) is 29.4 Å². The number of piperazine rings is 1. The molecule has 3 heterocycles. The lowest BCUT2D eigenvalue weighted by atomic mass is 10.1. The summed E-state index contributed by atoms with van der Waals surface area (Å²) < 4.78 is 5.88. The van der Waals surface area contributed by atoms with Crippen LogP contribution in [-0.2, 0) is 0 Å². The lowest BCUT2D eigenvalue weighted by Crippen LogP contribution is -2.50. The molecule has 1 aliphatic rings. The summed E-state index contributed by atoms with van der Waals surface area (Å²) >= 11 is 2.80. The molecule has 192 valence electrons. The third kappa shape index (κ3) is 5.85. The second-order valence-electron chi connectivity index (χ2n) is 9.26. The lowest BCUT2D eigenvalue weighted by molar-refractivity contribution is 0.0595. The summed E-state index contributed by atoms with van der Waals surface area (Å²) in [6.45, 7) is 13.3. The van der Waals surface area contributed by atoms with Crippen LogP contribution in [0.15, 0.2) is 23.6 Å². The number of aryl methyl sites for hydroxylation is 1. The van der Waals surface area contributed by atoms with E-state index in [0.29, 0.717) is 46.3 Å². The van der Waals surface area contributed by atoms with E-state index in [1.807, 2.05) is 31.1 Å². The van der Waals surface area contributed by atoms with Crippen LogP contribution in [0.1, 0.15) is 53.5 Å². The van der Waals surface area contributed by atoms with Gasteiger partial charge in [-0.25, -0.2) is 9.97 Å². The second kappa shape index (κ2) is 10.9. The quantitative estimate of drug-likeness (QED) is 0.446. The highest BCUT2D eigenvalue weighted by molar-refractivity contribution is 7.18. The summed E-state index contributed by atoms with van der Waals surface area (Å²) in [4.78, 5) is 39.2. The molecule has 11 heteroatoms. The van der Waals surface area contributed by atoms with Crippen LogP contribution in [0.3, 0.4) is 0 Å². The predicted molar refractivity (Wildman–Crippen MR) is 145 cm³/mol. The minimum atomic E-state index is -0.517. The van der Waals surface area contributed by atoms with E-state index in [1.54, 1.807) is 18.2 Å². The number of anilines is 2. The van der Waals surface area contributed by atoms with Gasteiger partial charge in [0.15, 0.2) is 10.1 Å². The van der Waals surface area contributed by atoms with E-state index in [-0.39, 0.29) is 12.0 Å². The number of benzene rings is 1. The van der Waals surface area contributed by atoms with Crippen molar-refractivity contribution in [3.63, 3.8) is 0 Å². The fraction of sp³-hybridized carbons (Fsp3) is 0.440. The predicted octanol–water partition coefficient (Wildman–Crippen LogP) is 4.37. The monoisotopic (exact) mass is 528 g/mol. The van der Waals surface area contributed by atoms with Crippen LogP contribution in [0.4, 0.5) is 10.8 Å². The molecule has 0 atom stereocenters. The Hall–Kier alpha value is -3.02. The first-order chi connectivity index (χ1) is 17.1. The Balaban J connectivity index is 1.51. The molecule has 36 heavy (non-hydrogen) atoms. The number of hydrogen-bond donors (Lipinski definition) is 2. The number of carbonyl (C=O) groups excluding carboxylic acids is 2. The Kier molecular flexibility index (Phi) is 7.91. The first kappa shape index (κ1) is 26.1. The number of nitrogens with one attached hydrogen (secondary N) is 1. The van der Waals surface area contributed by atoms with Gasteiger partial charge >= 0.3 is 0 Å². The van der Waals surface area contributed by atoms with Crippen LogP contribution in [0, 0.1) is 6.92 Å². The van der Waals surface area contributed by atoms with Crippen molar-refractivity contribution in [1.29, 1.82) is 0 Å². The van der Waals surface area contributed by atoms with Crippen molar-refractivity contribution in [3.05, 3.63) is 39.8 Å². The minimum absolute atomic E-state index is 0.0231. The zero-order valence-electron chi connectivity index (χ0n) is 21.2. The third-order valence-corrected chi connectivity index (χ3v) is 7.84. The largest absolute Gasteiger partial charge is 0.489 e. The number of amides is 2. The van der Waals surface area contributed by atoms with Crippen molar-refractivity contribution in [3.8, 4) is 16.3 Å². The van der Waals surface area contributed by atoms with Crippen molar-refractivity contribution in [2.45, 2.75) is 46.8 Å². The summed E-state index contributed by atoms with van der Waals surface area (Å²) in [5.41, 5.74) is 7.98. The number of ether oxygens (including phenoxy) is 1. The summed E-state index contributed by atoms with van der Waals surface area (Å²) in [5, 5.41) is 6.31. The molecule has 1 aromatic carbocycles. The molecule has 0 radical (unpaired) electrons. The van der Waals surface area contributed by atoms with E-state index in [9.17, 15) is 9.59 Å². The standard InChI is InChI=1S/C25H32N6O3S2/c1-14(2)30-8-10-31(11-9-30)24(33)23-27-16(5)21(36-23)19-13-35-25(29-19)28-18-12-17(22(26)32)6-7-20(18)34-15(3)4/h6-7,12-15H,8-11H2,1-5H3,(H2,26,32)(H,28,29). The van der Waals surface area contributed by atoms with Crippen LogP contribution >= 0.6 is 22.7 Å². The van der Waals surface area contributed by atoms with Crippen molar-refractivity contribution < 1.29 is 14.3 Å². The van der Waals surface area contributed by atoms with Gasteiger partial charge in [-0.1, -0.05) is 0 Å². The van der Waals surface area contributed by atoms with Gasteiger partial charge in [0.25, 0.3) is 5.91 Å². The highest BCUT2D eigenvalue weighted by Gasteiger charge is 2.26. The second-order valence-corrected chi connectivity index (χ2v) is 11.1. The van der Waals surface area contributed by atoms with E-state index in [2.05, 4.69) is 29.0 Å². The first-order valence-electron chi connectivity index (χ1n) is 12.0. The van der Waals surface area contributed by atoms with Crippen LogP contribution < -0.4 is 15.8 Å². The average molecular weight is 529 g/mol. The number of aromatic nitrogens is 2. The summed E-state index contributed by atoms with van der Waals surface area (Å²) in [6, 6.07) is 5.51. The molecule has 0 aliphatic carbocycles.